The van der Waals surface area contributed by atoms with Crippen LogP contribution in [0.4, 0.5) is 0 Å². The van der Waals surface area contributed by atoms with Gasteiger partial charge in [0.2, 0.25) is 0 Å². The van der Waals surface area contributed by atoms with Gasteiger partial charge in [0.15, 0.2) is 0 Å². The van der Waals surface area contributed by atoms with Gasteiger partial charge in [0, 0.05) is 39.3 Å². The molecule has 0 atom stereocenters. The molecule has 0 amide bonds. The van der Waals surface area contributed by atoms with E-state index >= 15 is 0 Å². The van der Waals surface area contributed by atoms with Gasteiger partial charge in [-0.05, 0) is 45.7 Å². The van der Waals surface area contributed by atoms with Gasteiger partial charge in [-0.25, -0.2) is 9.98 Å². The van der Waals surface area contributed by atoms with Gasteiger partial charge in [-0.3, -0.25) is 4.98 Å². The number of hydrogen-bond donors (Lipinski definition) is 0. The molecule has 212 valence electrons. The van der Waals surface area contributed by atoms with Crippen molar-refractivity contribution < 1.29 is 0 Å². The molecule has 3 heteroatoms. The highest BCUT2D eigenvalue weighted by Crippen LogP contribution is 2.61. The maximum absolute atomic E-state index is 5.05. The molecule has 0 spiro atoms. The van der Waals surface area contributed by atoms with Crippen LogP contribution in [0.15, 0.2) is 65.2 Å². The van der Waals surface area contributed by atoms with Crippen LogP contribution in [-0.2, 0) is 10.8 Å². The average molecular weight is 536 g/mol. The van der Waals surface area contributed by atoms with Gasteiger partial charge in [0.1, 0.15) is 5.84 Å². The van der Waals surface area contributed by atoms with Crippen molar-refractivity contribution in [2.45, 2.75) is 101 Å². The fourth-order valence-corrected chi connectivity index (χ4v) is 5.74. The van der Waals surface area contributed by atoms with E-state index < -0.39 is 0 Å². The van der Waals surface area contributed by atoms with Crippen molar-refractivity contribution in [1.82, 2.24) is 4.98 Å². The van der Waals surface area contributed by atoms with E-state index in [1.165, 1.54) is 11.1 Å². The third-order valence-corrected chi connectivity index (χ3v) is 10.1. The molecule has 2 aromatic carbocycles. The molecule has 40 heavy (non-hydrogen) atoms. The van der Waals surface area contributed by atoms with Crippen LogP contribution in [0.1, 0.15) is 107 Å². The average Bonchev–Trinajstić information content (AvgIpc) is 2.95. The Bertz CT molecular complexity index is 1550. The molecule has 0 saturated carbocycles. The summed E-state index contributed by atoms with van der Waals surface area (Å²) in [6.45, 7) is 33.8. The van der Waals surface area contributed by atoms with Gasteiger partial charge >= 0.3 is 0 Å². The SMILES string of the molecule is C=C(/N=C(\N=C(/C)C(C)(C)C)C(C)(C)C)c1cnc(-c2ccc3c(c2)C(C)(C)C(C)(C)C3(C)C)c2ccccc12. The van der Waals surface area contributed by atoms with Crippen molar-refractivity contribution in [3.8, 4) is 11.3 Å². The van der Waals surface area contributed by atoms with Gasteiger partial charge in [-0.15, -0.1) is 0 Å². The first-order valence-electron chi connectivity index (χ1n) is 14.6. The second-order valence-electron chi connectivity index (χ2n) is 15.3. The zero-order valence-corrected chi connectivity index (χ0v) is 27.2. The smallest absolute Gasteiger partial charge is 0.134 e. The van der Waals surface area contributed by atoms with Crippen LogP contribution in [0.25, 0.3) is 27.7 Å². The Kier molecular flexibility index (Phi) is 7.10. The minimum atomic E-state index is -0.225. The number of pyridine rings is 1. The van der Waals surface area contributed by atoms with Crippen molar-refractivity contribution >= 4 is 28.0 Å². The summed E-state index contributed by atoms with van der Waals surface area (Å²) in [5.41, 5.74) is 7.67. The summed E-state index contributed by atoms with van der Waals surface area (Å²) in [5.74, 6) is 0.782. The molecule has 0 radical (unpaired) electrons. The molecule has 0 N–H and O–H groups in total. The minimum Gasteiger partial charge on any atom is -0.255 e. The topological polar surface area (TPSA) is 37.6 Å². The number of aromatic nitrogens is 1. The molecule has 4 rings (SSSR count). The largest absolute Gasteiger partial charge is 0.255 e. The predicted octanol–water partition coefficient (Wildman–Crippen LogP) is 10.4. The third kappa shape index (κ3) is 4.76. The van der Waals surface area contributed by atoms with Gasteiger partial charge in [0.05, 0.1) is 11.4 Å². The number of amidine groups is 1. The van der Waals surface area contributed by atoms with Crippen molar-refractivity contribution in [2.75, 3.05) is 0 Å². The fraction of sp³-hybridized carbons (Fsp3) is 0.486. The van der Waals surface area contributed by atoms with E-state index in [0.29, 0.717) is 5.70 Å². The highest BCUT2D eigenvalue weighted by Gasteiger charge is 2.56. The number of rotatable bonds is 3. The van der Waals surface area contributed by atoms with E-state index in [-0.39, 0.29) is 27.1 Å². The maximum Gasteiger partial charge on any atom is 0.134 e. The molecule has 0 fully saturated rings. The molecule has 1 aliphatic rings. The van der Waals surface area contributed by atoms with E-state index in [0.717, 1.165) is 39.1 Å². The summed E-state index contributed by atoms with van der Waals surface area (Å²) >= 11 is 0. The van der Waals surface area contributed by atoms with Crippen LogP contribution >= 0.6 is 0 Å². The van der Waals surface area contributed by atoms with Crippen LogP contribution in [0.5, 0.6) is 0 Å². The summed E-state index contributed by atoms with van der Waals surface area (Å²) in [6, 6.07) is 15.5. The highest BCUT2D eigenvalue weighted by molar-refractivity contribution is 6.05. The van der Waals surface area contributed by atoms with E-state index in [4.69, 9.17) is 15.0 Å². The number of fused-ring (bicyclic) bond motifs is 2. The van der Waals surface area contributed by atoms with E-state index in [1.54, 1.807) is 0 Å². The molecule has 3 aromatic rings. The van der Waals surface area contributed by atoms with Gasteiger partial charge < -0.3 is 0 Å². The molecular weight excluding hydrogens is 486 g/mol. The predicted molar refractivity (Wildman–Crippen MR) is 175 cm³/mol. The van der Waals surface area contributed by atoms with Gasteiger partial charge in [0.25, 0.3) is 0 Å². The zero-order valence-electron chi connectivity index (χ0n) is 27.2. The first-order chi connectivity index (χ1) is 18.2. The summed E-state index contributed by atoms with van der Waals surface area (Å²) in [5, 5.41) is 2.21. The number of nitrogens with zero attached hydrogens (tertiary/aromatic N) is 3. The Hall–Kier alpha value is -3.07. The van der Waals surface area contributed by atoms with Crippen molar-refractivity contribution in [3.05, 3.63) is 71.9 Å². The summed E-state index contributed by atoms with van der Waals surface area (Å²) < 4.78 is 0. The Morgan fingerprint density at radius 1 is 0.750 bits per heavy atom. The molecule has 0 unspecified atom stereocenters. The van der Waals surface area contributed by atoms with E-state index in [1.807, 2.05) is 6.20 Å². The van der Waals surface area contributed by atoms with Gasteiger partial charge in [-0.2, -0.15) is 0 Å². The second kappa shape index (κ2) is 9.50. The van der Waals surface area contributed by atoms with Crippen LogP contribution in [0.2, 0.25) is 0 Å². The Morgan fingerprint density at radius 2 is 1.32 bits per heavy atom. The van der Waals surface area contributed by atoms with E-state index in [2.05, 4.69) is 139 Å². The summed E-state index contributed by atoms with van der Waals surface area (Å²) in [4.78, 5) is 15.1. The first kappa shape index (κ1) is 29.9. The summed E-state index contributed by atoms with van der Waals surface area (Å²) in [6.07, 6.45) is 1.94. The van der Waals surface area contributed by atoms with Gasteiger partial charge in [-0.1, -0.05) is 126 Å². The second-order valence-corrected chi connectivity index (χ2v) is 15.3. The van der Waals surface area contributed by atoms with Crippen LogP contribution in [-0.4, -0.2) is 16.5 Å². The van der Waals surface area contributed by atoms with Crippen LogP contribution in [0, 0.1) is 16.2 Å². The maximum atomic E-state index is 5.05. The Morgan fingerprint density at radius 3 is 1.90 bits per heavy atom. The molecule has 3 nitrogen and oxygen atoms in total. The molecule has 1 heterocycles. The lowest BCUT2D eigenvalue weighted by Crippen LogP contribution is -2.42. The van der Waals surface area contributed by atoms with E-state index in [9.17, 15) is 0 Å². The normalized spacial score (nSPS) is 18.6. The monoisotopic (exact) mass is 535 g/mol. The molecule has 0 aliphatic heterocycles. The lowest BCUT2D eigenvalue weighted by atomic mass is 9.59. The number of benzene rings is 2. The molecule has 0 bridgehead atoms. The number of aliphatic imine (C=N–C) groups is 2. The van der Waals surface area contributed by atoms with Crippen molar-refractivity contribution in [1.29, 1.82) is 0 Å². The molecule has 1 aliphatic carbocycles. The third-order valence-electron chi connectivity index (χ3n) is 10.1. The molecule has 1 aromatic heterocycles. The fourth-order valence-electron chi connectivity index (χ4n) is 5.74. The lowest BCUT2D eigenvalue weighted by molar-refractivity contribution is 0.125. The first-order valence-corrected chi connectivity index (χ1v) is 14.6. The van der Waals surface area contributed by atoms with Crippen molar-refractivity contribution in [2.24, 2.45) is 26.2 Å². The number of hydrogen-bond acceptors (Lipinski definition) is 2. The van der Waals surface area contributed by atoms with Crippen LogP contribution in [0.3, 0.4) is 0 Å². The standard InChI is InChI=1S/C37H49N3/c1-23(39-32(34(6,7)8)40-24(2)33(3,4)5)28-22-38-31(27-18-16-15-17-26(27)28)25-19-20-29-30(21-25)36(11,12)37(13,14)35(29,9)10/h15-22H,1H2,2-14H3/b39-32-,40-24+. The summed E-state index contributed by atoms with van der Waals surface area (Å²) in [7, 11) is 0. The highest BCUT2D eigenvalue weighted by atomic mass is 15.0. The van der Waals surface area contributed by atoms with Crippen LogP contribution < -0.4 is 0 Å². The van der Waals surface area contributed by atoms with Crippen molar-refractivity contribution in [3.63, 3.8) is 0 Å². The Balaban J connectivity index is 1.86. The Labute approximate surface area is 243 Å². The lowest BCUT2D eigenvalue weighted by Gasteiger charge is -2.44. The molecule has 0 saturated heterocycles. The zero-order chi connectivity index (χ0) is 30.1. The minimum absolute atomic E-state index is 0.0297. The quantitative estimate of drug-likeness (QED) is 0.243. The molecular formula is C37H49N3.